The Morgan fingerprint density at radius 2 is 1.10 bits per heavy atom. The van der Waals surface area contributed by atoms with Crippen LogP contribution in [-0.4, -0.2) is 81.2 Å². The van der Waals surface area contributed by atoms with E-state index in [1.807, 2.05) is 133 Å². The number of ether oxygens (including phenoxy) is 8. The Balaban J connectivity index is 1.36. The third-order valence-corrected chi connectivity index (χ3v) is 9.19. The summed E-state index contributed by atoms with van der Waals surface area (Å²) in [6.45, 7) is 6.95. The summed E-state index contributed by atoms with van der Waals surface area (Å²) in [5.74, 6) is -0.644. The highest BCUT2D eigenvalue weighted by Crippen LogP contribution is 2.32. The summed E-state index contributed by atoms with van der Waals surface area (Å²) in [5.41, 5.74) is 3.38. The van der Waals surface area contributed by atoms with Gasteiger partial charge in [-0.25, -0.2) is 9.59 Å². The smallest absolute Gasteiger partial charge is 0.408 e. The van der Waals surface area contributed by atoms with Crippen molar-refractivity contribution in [3.8, 4) is 0 Å². The molecule has 0 radical (unpaired) electrons. The van der Waals surface area contributed by atoms with E-state index in [0.717, 1.165) is 22.3 Å². The summed E-state index contributed by atoms with van der Waals surface area (Å²) < 4.78 is 49.6. The number of nitrogens with one attached hydrogen (secondary N) is 1. The van der Waals surface area contributed by atoms with Crippen molar-refractivity contribution in [2.24, 2.45) is 0 Å². The summed E-state index contributed by atoms with van der Waals surface area (Å²) in [7, 11) is 1.25. The fourth-order valence-electron chi connectivity index (χ4n) is 6.39. The quantitative estimate of drug-likeness (QED) is 0.0509. The second-order valence-electron chi connectivity index (χ2n) is 15.0. The summed E-state index contributed by atoms with van der Waals surface area (Å²) in [6, 6.07) is 39.0. The minimum absolute atomic E-state index is 0.115. The number of methoxy groups -OCH3 is 1. The monoisotopic (exact) mass is 795 g/mol. The van der Waals surface area contributed by atoms with Gasteiger partial charge in [-0.05, 0) is 49.4 Å². The van der Waals surface area contributed by atoms with Gasteiger partial charge in [0.1, 0.15) is 30.0 Å². The Bertz CT molecular complexity index is 1790. The van der Waals surface area contributed by atoms with E-state index >= 15 is 0 Å². The van der Waals surface area contributed by atoms with Crippen LogP contribution in [0.25, 0.3) is 0 Å². The van der Waals surface area contributed by atoms with E-state index in [0.29, 0.717) is 32.8 Å². The van der Waals surface area contributed by atoms with Crippen LogP contribution in [-0.2, 0) is 69.1 Å². The largest absolute Gasteiger partial charge is 0.467 e. The van der Waals surface area contributed by atoms with Crippen LogP contribution >= 0.6 is 0 Å². The predicted octanol–water partition coefficient (Wildman–Crippen LogP) is 7.76. The average molecular weight is 796 g/mol. The van der Waals surface area contributed by atoms with Crippen LogP contribution < -0.4 is 5.32 Å². The number of amides is 1. The van der Waals surface area contributed by atoms with Crippen molar-refractivity contribution in [3.05, 3.63) is 156 Å². The molecular weight excluding hydrogens is 739 g/mol. The number of hydrogen-bond donors (Lipinski definition) is 1. The maximum absolute atomic E-state index is 12.4. The van der Waals surface area contributed by atoms with Gasteiger partial charge in [-0.2, -0.15) is 0 Å². The molecule has 1 saturated heterocycles. The van der Waals surface area contributed by atoms with Gasteiger partial charge in [0, 0.05) is 0 Å². The SMILES string of the molecule is COC(=O)[C@H](COC/C=C/C[C@H]1O[C@H](COCc2ccccc2)[C@@H](OCc2ccccc2)[C@H](OCc2ccccc2)[C@H]1OCc1ccccc1)NC(=O)OC(C)(C)C. The summed E-state index contributed by atoms with van der Waals surface area (Å²) >= 11 is 0. The normalized spacial score (nSPS) is 20.0. The number of hydrogen-bond acceptors (Lipinski definition) is 10. The van der Waals surface area contributed by atoms with Crippen LogP contribution in [0, 0.1) is 0 Å². The van der Waals surface area contributed by atoms with E-state index < -0.39 is 54.2 Å². The van der Waals surface area contributed by atoms with Gasteiger partial charge in [0.05, 0.1) is 59.5 Å². The van der Waals surface area contributed by atoms with Crippen LogP contribution in [0.1, 0.15) is 49.4 Å². The summed E-state index contributed by atoms with van der Waals surface area (Å²) in [6.07, 6.45) is 0.928. The first kappa shape index (κ1) is 44.2. The van der Waals surface area contributed by atoms with Crippen molar-refractivity contribution in [1.29, 1.82) is 0 Å². The Hall–Kier alpha value is -4.88. The van der Waals surface area contributed by atoms with Crippen LogP contribution in [0.2, 0.25) is 0 Å². The van der Waals surface area contributed by atoms with Gasteiger partial charge in [-0.1, -0.05) is 133 Å². The lowest BCUT2D eigenvalue weighted by molar-refractivity contribution is -0.271. The van der Waals surface area contributed by atoms with Crippen molar-refractivity contribution in [2.45, 2.75) is 95.8 Å². The van der Waals surface area contributed by atoms with Crippen molar-refractivity contribution in [2.75, 3.05) is 26.9 Å². The predicted molar refractivity (Wildman–Crippen MR) is 220 cm³/mol. The van der Waals surface area contributed by atoms with Crippen LogP contribution in [0.15, 0.2) is 133 Å². The number of esters is 1. The van der Waals surface area contributed by atoms with E-state index in [9.17, 15) is 9.59 Å². The van der Waals surface area contributed by atoms with Gasteiger partial charge >= 0.3 is 12.1 Å². The fourth-order valence-corrected chi connectivity index (χ4v) is 6.39. The Morgan fingerprint density at radius 3 is 1.59 bits per heavy atom. The standard InChI is InChI=1S/C47H57NO10/c1-47(2,3)58-46(50)48-39(45(49)51-4)33-52-28-18-17-27-40-42(54-30-36-21-11-6-12-22-36)44(56-32-38-25-15-8-16-26-38)43(55-31-37-23-13-7-14-24-37)41(57-40)34-53-29-35-19-9-5-10-20-35/h5-26,39-44H,27-34H2,1-4H3,(H,48,50)/b18-17+/t39-,40+,41+,42-,43+,44+/m0/s1. The zero-order valence-corrected chi connectivity index (χ0v) is 33.9. The first-order chi connectivity index (χ1) is 28.2. The summed E-state index contributed by atoms with van der Waals surface area (Å²) in [5, 5.41) is 2.53. The van der Waals surface area contributed by atoms with Crippen LogP contribution in [0.3, 0.4) is 0 Å². The first-order valence-electron chi connectivity index (χ1n) is 19.7. The lowest BCUT2D eigenvalue weighted by Crippen LogP contribution is -2.61. The molecule has 1 heterocycles. The third-order valence-electron chi connectivity index (χ3n) is 9.19. The molecule has 1 aliphatic rings. The molecule has 5 rings (SSSR count). The molecule has 11 heteroatoms. The van der Waals surface area contributed by atoms with Gasteiger partial charge in [-0.3, -0.25) is 0 Å². The van der Waals surface area contributed by atoms with Gasteiger partial charge in [0.25, 0.3) is 0 Å². The molecule has 1 fully saturated rings. The number of rotatable bonds is 21. The molecule has 6 atom stereocenters. The topological polar surface area (TPSA) is 120 Å². The average Bonchev–Trinajstić information content (AvgIpc) is 3.23. The minimum Gasteiger partial charge on any atom is -0.467 e. The number of carbonyl (C=O) groups excluding carboxylic acids is 2. The van der Waals surface area contributed by atoms with Crippen molar-refractivity contribution >= 4 is 12.1 Å². The minimum atomic E-state index is -1.04. The highest BCUT2D eigenvalue weighted by molar-refractivity contribution is 5.81. The van der Waals surface area contributed by atoms with E-state index in [2.05, 4.69) is 5.32 Å². The number of alkyl carbamates (subject to hydrolysis) is 1. The maximum atomic E-state index is 12.4. The second-order valence-corrected chi connectivity index (χ2v) is 15.0. The van der Waals surface area contributed by atoms with Crippen molar-refractivity contribution < 1.29 is 47.5 Å². The molecule has 0 aliphatic carbocycles. The highest BCUT2D eigenvalue weighted by atomic mass is 16.6. The molecule has 0 unspecified atom stereocenters. The molecular formula is C47H57NO10. The molecule has 1 N–H and O–H groups in total. The lowest BCUT2D eigenvalue weighted by atomic mass is 9.92. The molecule has 310 valence electrons. The highest BCUT2D eigenvalue weighted by Gasteiger charge is 2.48. The first-order valence-corrected chi connectivity index (χ1v) is 19.7. The summed E-state index contributed by atoms with van der Waals surface area (Å²) in [4.78, 5) is 24.8. The van der Waals surface area contributed by atoms with E-state index in [1.54, 1.807) is 20.8 Å². The lowest BCUT2D eigenvalue weighted by Gasteiger charge is -2.46. The van der Waals surface area contributed by atoms with Crippen LogP contribution in [0.4, 0.5) is 4.79 Å². The maximum Gasteiger partial charge on any atom is 0.408 e. The molecule has 0 spiro atoms. The van der Waals surface area contributed by atoms with E-state index in [-0.39, 0.29) is 19.8 Å². The third kappa shape index (κ3) is 15.1. The molecule has 0 saturated carbocycles. The zero-order valence-electron chi connectivity index (χ0n) is 33.9. The Labute approximate surface area is 342 Å². The Kier molecular flexibility index (Phi) is 17.9. The molecule has 0 bridgehead atoms. The van der Waals surface area contributed by atoms with E-state index in [4.69, 9.17) is 37.9 Å². The van der Waals surface area contributed by atoms with E-state index in [1.165, 1.54) is 7.11 Å². The second kappa shape index (κ2) is 23.5. The van der Waals surface area contributed by atoms with Gasteiger partial charge in [-0.15, -0.1) is 0 Å². The number of benzene rings is 4. The number of carbonyl (C=O) groups is 2. The van der Waals surface area contributed by atoms with Crippen LogP contribution in [0.5, 0.6) is 0 Å². The zero-order chi connectivity index (χ0) is 41.0. The molecule has 4 aromatic carbocycles. The van der Waals surface area contributed by atoms with Gasteiger partial charge in [0.2, 0.25) is 0 Å². The van der Waals surface area contributed by atoms with Crippen molar-refractivity contribution in [1.82, 2.24) is 5.32 Å². The fraction of sp³-hybridized carbons (Fsp3) is 0.404. The molecule has 4 aromatic rings. The van der Waals surface area contributed by atoms with Gasteiger partial charge in [0.15, 0.2) is 6.04 Å². The van der Waals surface area contributed by atoms with Gasteiger partial charge < -0.3 is 43.2 Å². The molecule has 0 aromatic heterocycles. The molecule has 1 aliphatic heterocycles. The molecule has 1 amide bonds. The Morgan fingerprint density at radius 1 is 0.638 bits per heavy atom. The van der Waals surface area contributed by atoms with Crippen molar-refractivity contribution in [3.63, 3.8) is 0 Å². The molecule has 11 nitrogen and oxygen atoms in total. The molecule has 58 heavy (non-hydrogen) atoms.